The van der Waals surface area contributed by atoms with Gasteiger partial charge in [-0.25, -0.2) is 0 Å². The first-order chi connectivity index (χ1) is 9.13. The third-order valence-corrected chi connectivity index (χ3v) is 2.93. The van der Waals surface area contributed by atoms with Gasteiger partial charge in [0.2, 0.25) is 0 Å². The zero-order valence-electron chi connectivity index (χ0n) is 12.2. The van der Waals surface area contributed by atoms with Crippen LogP contribution in [-0.2, 0) is 14.3 Å². The van der Waals surface area contributed by atoms with Crippen LogP contribution in [0.15, 0.2) is 24.8 Å². The van der Waals surface area contributed by atoms with E-state index < -0.39 is 0 Å². The van der Waals surface area contributed by atoms with Crippen molar-refractivity contribution in [2.24, 2.45) is 0 Å². The van der Waals surface area contributed by atoms with Crippen molar-refractivity contribution < 1.29 is 14.3 Å². The molecule has 0 aliphatic rings. The normalized spacial score (nSPS) is 10.9. The van der Waals surface area contributed by atoms with Crippen LogP contribution in [0.5, 0.6) is 0 Å². The number of ketones is 1. The van der Waals surface area contributed by atoms with Crippen LogP contribution in [0, 0.1) is 0 Å². The Balaban J connectivity index is 3.58. The Kier molecular flexibility index (Phi) is 10.8. The molecule has 0 amide bonds. The van der Waals surface area contributed by atoms with E-state index >= 15 is 0 Å². The Morgan fingerprint density at radius 1 is 1.11 bits per heavy atom. The van der Waals surface area contributed by atoms with Crippen LogP contribution in [-0.4, -0.2) is 17.9 Å². The summed E-state index contributed by atoms with van der Waals surface area (Å²) < 4.78 is 5.30. The molecule has 0 atom stereocenters. The lowest BCUT2D eigenvalue weighted by molar-refractivity contribution is -0.149. The molecule has 0 heterocycles. The molecule has 0 aliphatic heterocycles. The summed E-state index contributed by atoms with van der Waals surface area (Å²) in [5.74, 6) is -0.00825. The molecule has 0 aromatic rings. The largest absolute Gasteiger partial charge is 0.462 e. The summed E-state index contributed by atoms with van der Waals surface area (Å²) in [6.07, 6.45) is 10.0. The zero-order chi connectivity index (χ0) is 14.5. The van der Waals surface area contributed by atoms with Gasteiger partial charge in [0.25, 0.3) is 0 Å². The van der Waals surface area contributed by atoms with Crippen molar-refractivity contribution in [3.05, 3.63) is 24.8 Å². The maximum absolute atomic E-state index is 11.5. The molecule has 0 bridgehead atoms. The minimum absolute atomic E-state index is 0.0538. The number of ether oxygens (including phenoxy) is 1. The Hall–Kier alpha value is -1.38. The van der Waals surface area contributed by atoms with Gasteiger partial charge in [0.1, 0.15) is 6.10 Å². The molecule has 0 unspecified atom stereocenters. The van der Waals surface area contributed by atoms with Gasteiger partial charge in [0.05, 0.1) is 0 Å². The zero-order valence-corrected chi connectivity index (χ0v) is 12.2. The lowest BCUT2D eigenvalue weighted by atomic mass is 10.1. The smallest absolute Gasteiger partial charge is 0.306 e. The van der Waals surface area contributed by atoms with Gasteiger partial charge in [0.15, 0.2) is 5.78 Å². The van der Waals surface area contributed by atoms with Crippen LogP contribution >= 0.6 is 0 Å². The lowest BCUT2D eigenvalue weighted by Gasteiger charge is -2.13. The molecule has 0 aromatic heterocycles. The van der Waals surface area contributed by atoms with Gasteiger partial charge >= 0.3 is 5.97 Å². The highest BCUT2D eigenvalue weighted by atomic mass is 16.5. The van der Waals surface area contributed by atoms with E-state index in [0.717, 1.165) is 32.1 Å². The number of carbonyl (C=O) groups is 2. The van der Waals surface area contributed by atoms with Crippen LogP contribution in [0.4, 0.5) is 0 Å². The van der Waals surface area contributed by atoms with E-state index in [1.165, 1.54) is 6.08 Å². The van der Waals surface area contributed by atoms with E-state index in [0.29, 0.717) is 12.8 Å². The van der Waals surface area contributed by atoms with E-state index in [2.05, 4.69) is 6.58 Å². The summed E-state index contributed by atoms with van der Waals surface area (Å²) >= 11 is 0. The average molecular weight is 266 g/mol. The third kappa shape index (κ3) is 10.2. The minimum atomic E-state index is -0.119. The van der Waals surface area contributed by atoms with Crippen molar-refractivity contribution in [3.8, 4) is 0 Å². The number of unbranched alkanes of at least 4 members (excludes halogenated alkanes) is 2. The molecule has 0 radical (unpaired) electrons. The first kappa shape index (κ1) is 17.6. The van der Waals surface area contributed by atoms with Gasteiger partial charge in [-0.1, -0.05) is 39.0 Å². The second-order valence-corrected chi connectivity index (χ2v) is 4.55. The summed E-state index contributed by atoms with van der Waals surface area (Å²) in [5.41, 5.74) is 0. The summed E-state index contributed by atoms with van der Waals surface area (Å²) in [7, 11) is 0. The highest BCUT2D eigenvalue weighted by Crippen LogP contribution is 2.08. The lowest BCUT2D eigenvalue weighted by Crippen LogP contribution is -2.16. The van der Waals surface area contributed by atoms with Crippen LogP contribution in [0.3, 0.4) is 0 Å². The fourth-order valence-electron chi connectivity index (χ4n) is 1.70. The Labute approximate surface area is 116 Å². The van der Waals surface area contributed by atoms with Crippen molar-refractivity contribution in [1.29, 1.82) is 0 Å². The monoisotopic (exact) mass is 266 g/mol. The molecule has 19 heavy (non-hydrogen) atoms. The predicted molar refractivity (Wildman–Crippen MR) is 77.9 cm³/mol. The number of hydrogen-bond donors (Lipinski definition) is 0. The third-order valence-electron chi connectivity index (χ3n) is 2.93. The Bertz CT molecular complexity index is 301. The van der Waals surface area contributed by atoms with Crippen LogP contribution < -0.4 is 0 Å². The molecule has 0 saturated heterocycles. The van der Waals surface area contributed by atoms with Gasteiger partial charge in [0, 0.05) is 12.8 Å². The predicted octanol–water partition coefficient (Wildman–Crippen LogP) is 3.98. The Morgan fingerprint density at radius 2 is 1.74 bits per heavy atom. The Morgan fingerprint density at radius 3 is 2.32 bits per heavy atom. The maximum atomic E-state index is 11.5. The molecular formula is C16H26O3. The topological polar surface area (TPSA) is 43.4 Å². The SMILES string of the molecule is C=C/C=C/C(=O)CCCCCC(=O)OC(CC)CC. The fourth-order valence-corrected chi connectivity index (χ4v) is 1.70. The van der Waals surface area contributed by atoms with E-state index in [1.807, 2.05) is 13.8 Å². The van der Waals surface area contributed by atoms with Gasteiger partial charge in [-0.15, -0.1) is 0 Å². The summed E-state index contributed by atoms with van der Waals surface area (Å²) in [6.45, 7) is 7.54. The van der Waals surface area contributed by atoms with Crippen LogP contribution in [0.2, 0.25) is 0 Å². The summed E-state index contributed by atoms with van der Waals surface area (Å²) in [5, 5.41) is 0. The van der Waals surface area contributed by atoms with Crippen molar-refractivity contribution >= 4 is 11.8 Å². The second kappa shape index (κ2) is 11.7. The van der Waals surface area contributed by atoms with E-state index in [9.17, 15) is 9.59 Å². The molecule has 0 fully saturated rings. The van der Waals surface area contributed by atoms with Crippen molar-refractivity contribution in [2.45, 2.75) is 64.9 Å². The van der Waals surface area contributed by atoms with Crippen molar-refractivity contribution in [1.82, 2.24) is 0 Å². The second-order valence-electron chi connectivity index (χ2n) is 4.55. The molecule has 108 valence electrons. The molecule has 0 spiro atoms. The van der Waals surface area contributed by atoms with Crippen molar-refractivity contribution in [2.75, 3.05) is 0 Å². The minimum Gasteiger partial charge on any atom is -0.462 e. The first-order valence-corrected chi connectivity index (χ1v) is 7.15. The summed E-state index contributed by atoms with van der Waals surface area (Å²) in [6, 6.07) is 0. The fraction of sp³-hybridized carbons (Fsp3) is 0.625. The van der Waals surface area contributed by atoms with E-state index in [1.54, 1.807) is 12.2 Å². The molecule has 0 saturated carbocycles. The van der Waals surface area contributed by atoms with Crippen LogP contribution in [0.1, 0.15) is 58.8 Å². The molecule has 0 aliphatic carbocycles. The van der Waals surface area contributed by atoms with E-state index in [-0.39, 0.29) is 17.9 Å². The molecule has 0 rings (SSSR count). The highest BCUT2D eigenvalue weighted by Gasteiger charge is 2.09. The van der Waals surface area contributed by atoms with Crippen LogP contribution in [0.25, 0.3) is 0 Å². The molecule has 3 heteroatoms. The van der Waals surface area contributed by atoms with Crippen molar-refractivity contribution in [3.63, 3.8) is 0 Å². The average Bonchev–Trinajstić information content (AvgIpc) is 2.42. The molecular weight excluding hydrogens is 240 g/mol. The quantitative estimate of drug-likeness (QED) is 0.246. The summed E-state index contributed by atoms with van der Waals surface area (Å²) in [4.78, 5) is 22.8. The number of rotatable bonds is 11. The number of carbonyl (C=O) groups excluding carboxylic acids is 2. The van der Waals surface area contributed by atoms with Gasteiger partial charge in [-0.3, -0.25) is 9.59 Å². The molecule has 3 nitrogen and oxygen atoms in total. The number of esters is 1. The van der Waals surface area contributed by atoms with E-state index in [4.69, 9.17) is 4.74 Å². The standard InChI is InChI=1S/C16H26O3/c1-4-7-11-14(17)12-9-8-10-13-16(18)19-15(5-2)6-3/h4,7,11,15H,1,5-6,8-10,12-13H2,2-3H3/b11-7+. The first-order valence-electron chi connectivity index (χ1n) is 7.15. The van der Waals surface area contributed by atoms with Gasteiger partial charge in [-0.05, 0) is 31.8 Å². The van der Waals surface area contributed by atoms with Gasteiger partial charge < -0.3 is 4.74 Å². The maximum Gasteiger partial charge on any atom is 0.306 e. The highest BCUT2D eigenvalue weighted by molar-refractivity contribution is 5.89. The van der Waals surface area contributed by atoms with Gasteiger partial charge in [-0.2, -0.15) is 0 Å². The number of allylic oxidation sites excluding steroid dienone is 3. The number of hydrogen-bond acceptors (Lipinski definition) is 3. The molecule has 0 N–H and O–H groups in total. The molecule has 0 aromatic carbocycles.